The lowest BCUT2D eigenvalue weighted by Crippen LogP contribution is -2.45. The fraction of sp³-hybridized carbons (Fsp3) is 0.500. The van der Waals surface area contributed by atoms with E-state index in [0.717, 1.165) is 61.6 Å². The zero-order valence-electron chi connectivity index (χ0n) is 17.7. The van der Waals surface area contributed by atoms with Crippen molar-refractivity contribution in [3.05, 3.63) is 54.6 Å². The molecule has 2 saturated heterocycles. The highest BCUT2D eigenvalue weighted by molar-refractivity contribution is 7.99. The highest BCUT2D eigenvalue weighted by Crippen LogP contribution is 2.38. The molecule has 1 aromatic carbocycles. The maximum absolute atomic E-state index is 13.3. The first-order chi connectivity index (χ1) is 14.7. The Bertz CT molecular complexity index is 1010. The van der Waals surface area contributed by atoms with Crippen molar-refractivity contribution < 1.29 is 4.79 Å². The van der Waals surface area contributed by atoms with Crippen molar-refractivity contribution >= 4 is 28.7 Å². The van der Waals surface area contributed by atoms with Crippen LogP contribution in [0.25, 0.3) is 11.0 Å². The minimum Gasteiger partial charge on any atom is -0.348 e. The molecule has 0 bridgehead atoms. The van der Waals surface area contributed by atoms with Crippen molar-refractivity contribution in [3.8, 4) is 0 Å². The lowest BCUT2D eigenvalue weighted by molar-refractivity contribution is -0.134. The normalized spacial score (nSPS) is 20.0. The third-order valence-corrected chi connectivity index (χ3v) is 8.08. The molecule has 2 aliphatic rings. The summed E-state index contributed by atoms with van der Waals surface area (Å²) < 4.78 is 4.54. The molecule has 5 rings (SSSR count). The van der Waals surface area contributed by atoms with Gasteiger partial charge in [-0.3, -0.25) is 4.79 Å². The predicted molar refractivity (Wildman–Crippen MR) is 123 cm³/mol. The molecule has 158 valence electrons. The summed E-state index contributed by atoms with van der Waals surface area (Å²) in [7, 11) is 2.12. The average molecular weight is 423 g/mol. The molecule has 3 aromatic rings. The number of nitrogens with zero attached hydrogens (tertiary/aromatic N) is 4. The van der Waals surface area contributed by atoms with Crippen LogP contribution in [0.5, 0.6) is 0 Å². The zero-order chi connectivity index (χ0) is 20.6. The minimum absolute atomic E-state index is 0.0416. The van der Waals surface area contributed by atoms with Crippen LogP contribution < -0.4 is 0 Å². The Hall–Kier alpha value is -2.21. The van der Waals surface area contributed by atoms with Crippen LogP contribution in [0.4, 0.5) is 0 Å². The van der Waals surface area contributed by atoms with Crippen molar-refractivity contribution in [2.75, 3.05) is 24.6 Å². The number of fused-ring (bicyclic) bond motifs is 1. The van der Waals surface area contributed by atoms with E-state index >= 15 is 0 Å². The second-order valence-electron chi connectivity index (χ2n) is 8.78. The molecule has 0 atom stereocenters. The van der Waals surface area contributed by atoms with Gasteiger partial charge in [0.05, 0.1) is 23.0 Å². The van der Waals surface area contributed by atoms with Gasteiger partial charge in [-0.05, 0) is 61.5 Å². The number of aromatic nitrogens is 3. The summed E-state index contributed by atoms with van der Waals surface area (Å²) in [5.41, 5.74) is 2.22. The van der Waals surface area contributed by atoms with Gasteiger partial charge in [0, 0.05) is 38.4 Å². The van der Waals surface area contributed by atoms with Crippen LogP contribution in [0.1, 0.15) is 43.8 Å². The van der Waals surface area contributed by atoms with Gasteiger partial charge < -0.3 is 14.0 Å². The van der Waals surface area contributed by atoms with Crippen LogP contribution in [-0.4, -0.2) is 49.5 Å². The van der Waals surface area contributed by atoms with Crippen molar-refractivity contribution in [1.82, 2.24) is 19.0 Å². The molecule has 30 heavy (non-hydrogen) atoms. The number of hydrogen-bond donors (Lipinski definition) is 0. The summed E-state index contributed by atoms with van der Waals surface area (Å²) in [5, 5.41) is 0. The Morgan fingerprint density at radius 3 is 2.50 bits per heavy atom. The van der Waals surface area contributed by atoms with E-state index in [1.54, 1.807) is 0 Å². The number of imidazole rings is 1. The quantitative estimate of drug-likeness (QED) is 0.626. The number of benzene rings is 1. The van der Waals surface area contributed by atoms with Crippen molar-refractivity contribution in [2.24, 2.45) is 7.05 Å². The molecule has 6 heteroatoms. The molecule has 0 saturated carbocycles. The van der Waals surface area contributed by atoms with Gasteiger partial charge in [-0.25, -0.2) is 4.98 Å². The van der Waals surface area contributed by atoms with E-state index in [2.05, 4.69) is 63.8 Å². The van der Waals surface area contributed by atoms with Gasteiger partial charge >= 0.3 is 0 Å². The third-order valence-electron chi connectivity index (χ3n) is 7.09. The number of rotatable bonds is 4. The zero-order valence-corrected chi connectivity index (χ0v) is 18.5. The van der Waals surface area contributed by atoms with Gasteiger partial charge in [0.25, 0.3) is 0 Å². The number of thioether (sulfide) groups is 1. The van der Waals surface area contributed by atoms with Crippen LogP contribution in [0.3, 0.4) is 0 Å². The van der Waals surface area contributed by atoms with E-state index in [1.165, 1.54) is 5.52 Å². The molecule has 4 heterocycles. The molecular weight excluding hydrogens is 392 g/mol. The topological polar surface area (TPSA) is 43.1 Å². The molecule has 0 spiro atoms. The summed E-state index contributed by atoms with van der Waals surface area (Å²) in [6.45, 7) is 1.67. The lowest BCUT2D eigenvalue weighted by atomic mass is 9.86. The Morgan fingerprint density at radius 1 is 1.10 bits per heavy atom. The number of carbonyl (C=O) groups is 1. The second-order valence-corrected chi connectivity index (χ2v) is 10.0. The van der Waals surface area contributed by atoms with Crippen LogP contribution in [-0.2, 0) is 17.4 Å². The van der Waals surface area contributed by atoms with Gasteiger partial charge in [0.1, 0.15) is 5.82 Å². The first-order valence-corrected chi connectivity index (χ1v) is 12.2. The highest BCUT2D eigenvalue weighted by Gasteiger charge is 2.38. The number of carbonyl (C=O) groups excluding carboxylic acids is 1. The first kappa shape index (κ1) is 19.7. The van der Waals surface area contributed by atoms with E-state index < -0.39 is 0 Å². The third kappa shape index (κ3) is 3.55. The number of piperidine rings is 1. The van der Waals surface area contributed by atoms with E-state index in [1.807, 2.05) is 17.8 Å². The molecule has 2 aliphatic heterocycles. The number of aryl methyl sites for hydroxylation is 1. The molecule has 2 fully saturated rings. The maximum Gasteiger partial charge on any atom is 0.224 e. The summed E-state index contributed by atoms with van der Waals surface area (Å²) >= 11 is 2.01. The number of hydrogen-bond acceptors (Lipinski definition) is 3. The fourth-order valence-corrected chi connectivity index (χ4v) is 6.49. The van der Waals surface area contributed by atoms with E-state index in [9.17, 15) is 4.79 Å². The SMILES string of the molecule is Cn1c(C2CCN(C(=O)CC3(n4cccc4)CCSCC3)CC2)nc2ccccc21. The van der Waals surface area contributed by atoms with Gasteiger partial charge in [-0.15, -0.1) is 0 Å². The van der Waals surface area contributed by atoms with Crippen molar-refractivity contribution in [2.45, 2.75) is 43.6 Å². The largest absolute Gasteiger partial charge is 0.348 e. The van der Waals surface area contributed by atoms with E-state index in [4.69, 9.17) is 4.98 Å². The van der Waals surface area contributed by atoms with E-state index in [-0.39, 0.29) is 5.54 Å². The number of para-hydroxylation sites is 2. The average Bonchev–Trinajstić information content (AvgIpc) is 3.44. The van der Waals surface area contributed by atoms with Crippen LogP contribution in [0.2, 0.25) is 0 Å². The summed E-state index contributed by atoms with van der Waals surface area (Å²) in [6.07, 6.45) is 9.05. The van der Waals surface area contributed by atoms with Gasteiger partial charge in [-0.1, -0.05) is 12.1 Å². The Morgan fingerprint density at radius 2 is 1.80 bits per heavy atom. The van der Waals surface area contributed by atoms with Crippen molar-refractivity contribution in [1.29, 1.82) is 0 Å². The molecule has 1 amide bonds. The van der Waals surface area contributed by atoms with Gasteiger partial charge in [0.15, 0.2) is 0 Å². The fourth-order valence-electron chi connectivity index (χ4n) is 5.24. The highest BCUT2D eigenvalue weighted by atomic mass is 32.2. The summed E-state index contributed by atoms with van der Waals surface area (Å²) in [5.74, 6) is 4.19. The molecule has 5 nitrogen and oxygen atoms in total. The Kier molecular flexibility index (Phi) is 5.35. The number of likely N-dealkylation sites (tertiary alicyclic amines) is 1. The standard InChI is InChI=1S/C24H30N4OS/c1-26-21-7-3-2-6-20(21)25-23(26)19-8-14-27(15-9-19)22(29)18-24(10-16-30-17-11-24)28-12-4-5-13-28/h2-7,12-13,19H,8-11,14-18H2,1H3. The van der Waals surface area contributed by atoms with Gasteiger partial charge in [-0.2, -0.15) is 11.8 Å². The predicted octanol–water partition coefficient (Wildman–Crippen LogP) is 4.39. The van der Waals surface area contributed by atoms with Crippen LogP contribution >= 0.6 is 11.8 Å². The lowest BCUT2D eigenvalue weighted by Gasteiger charge is -2.40. The molecular formula is C24H30N4OS. The smallest absolute Gasteiger partial charge is 0.224 e. The molecule has 0 N–H and O–H groups in total. The van der Waals surface area contributed by atoms with Crippen LogP contribution in [0, 0.1) is 0 Å². The molecule has 2 aromatic heterocycles. The number of amides is 1. The Labute approximate surface area is 182 Å². The Balaban J connectivity index is 1.27. The molecule has 0 aliphatic carbocycles. The maximum atomic E-state index is 13.3. The minimum atomic E-state index is -0.0416. The monoisotopic (exact) mass is 422 g/mol. The molecule has 0 unspecified atom stereocenters. The summed E-state index contributed by atoms with van der Waals surface area (Å²) in [4.78, 5) is 20.3. The summed E-state index contributed by atoms with van der Waals surface area (Å²) in [6, 6.07) is 12.5. The second kappa shape index (κ2) is 8.14. The van der Waals surface area contributed by atoms with Crippen molar-refractivity contribution in [3.63, 3.8) is 0 Å². The molecule has 0 radical (unpaired) electrons. The van der Waals surface area contributed by atoms with Gasteiger partial charge in [0.2, 0.25) is 5.91 Å². The van der Waals surface area contributed by atoms with Crippen LogP contribution in [0.15, 0.2) is 48.8 Å². The van der Waals surface area contributed by atoms with E-state index in [0.29, 0.717) is 18.2 Å². The first-order valence-electron chi connectivity index (χ1n) is 11.1.